The van der Waals surface area contributed by atoms with E-state index in [1.165, 1.54) is 4.52 Å². The molecule has 0 spiro atoms. The zero-order valence-corrected chi connectivity index (χ0v) is 13.4. The van der Waals surface area contributed by atoms with Crippen molar-refractivity contribution in [1.82, 2.24) is 19.6 Å². The molecular formula is C19H16N4O. The molecule has 0 saturated carbocycles. The third-order valence-corrected chi connectivity index (χ3v) is 4.08. The molecule has 0 aliphatic rings. The van der Waals surface area contributed by atoms with Crippen LogP contribution in [0.4, 0.5) is 0 Å². The Hall–Kier alpha value is -3.21. The SMILES string of the molecule is Cc1nc2c(-c3ccccn3)c(C)nn2c(O)c1-c1ccccc1. The topological polar surface area (TPSA) is 63.3 Å². The summed E-state index contributed by atoms with van der Waals surface area (Å²) in [6.45, 7) is 3.79. The Morgan fingerprint density at radius 2 is 1.62 bits per heavy atom. The van der Waals surface area contributed by atoms with Crippen LogP contribution in [-0.2, 0) is 0 Å². The van der Waals surface area contributed by atoms with Crippen molar-refractivity contribution in [3.63, 3.8) is 0 Å². The second kappa shape index (κ2) is 5.45. The zero-order valence-electron chi connectivity index (χ0n) is 13.4. The van der Waals surface area contributed by atoms with Crippen molar-refractivity contribution in [3.05, 3.63) is 66.1 Å². The first-order chi connectivity index (χ1) is 11.7. The van der Waals surface area contributed by atoms with E-state index in [1.54, 1.807) is 6.20 Å². The van der Waals surface area contributed by atoms with Crippen molar-refractivity contribution in [3.8, 4) is 28.3 Å². The van der Waals surface area contributed by atoms with Gasteiger partial charge in [-0.1, -0.05) is 36.4 Å². The van der Waals surface area contributed by atoms with Crippen LogP contribution < -0.4 is 0 Å². The zero-order chi connectivity index (χ0) is 16.7. The number of hydrogen-bond acceptors (Lipinski definition) is 4. The summed E-state index contributed by atoms with van der Waals surface area (Å²) in [5.41, 5.74) is 5.38. The Morgan fingerprint density at radius 3 is 2.33 bits per heavy atom. The third-order valence-electron chi connectivity index (χ3n) is 4.08. The molecule has 1 aromatic carbocycles. The van der Waals surface area contributed by atoms with E-state index in [0.717, 1.165) is 28.2 Å². The van der Waals surface area contributed by atoms with Gasteiger partial charge in [-0.3, -0.25) is 4.98 Å². The lowest BCUT2D eigenvalue weighted by atomic mass is 10.1. The largest absolute Gasteiger partial charge is 0.493 e. The van der Waals surface area contributed by atoms with E-state index in [-0.39, 0.29) is 5.88 Å². The first-order valence-electron chi connectivity index (χ1n) is 7.72. The van der Waals surface area contributed by atoms with E-state index < -0.39 is 0 Å². The quantitative estimate of drug-likeness (QED) is 0.611. The lowest BCUT2D eigenvalue weighted by molar-refractivity contribution is 0.436. The van der Waals surface area contributed by atoms with E-state index >= 15 is 0 Å². The standard InChI is InChI=1S/C19H16N4O/c1-12-16(14-8-4-3-5-9-14)19(24)23-18(21-12)17(13(2)22-23)15-10-6-7-11-20-15/h3-11,24H,1-2H3. The lowest BCUT2D eigenvalue weighted by Gasteiger charge is -2.10. The minimum Gasteiger partial charge on any atom is -0.493 e. The molecule has 118 valence electrons. The Balaban J connectivity index is 2.03. The minimum absolute atomic E-state index is 0.0916. The van der Waals surface area contributed by atoms with Gasteiger partial charge in [0.1, 0.15) is 0 Å². The van der Waals surface area contributed by atoms with Gasteiger partial charge in [0, 0.05) is 6.20 Å². The summed E-state index contributed by atoms with van der Waals surface area (Å²) < 4.78 is 1.49. The van der Waals surface area contributed by atoms with Crippen LogP contribution in [0.3, 0.4) is 0 Å². The second-order valence-electron chi connectivity index (χ2n) is 5.67. The van der Waals surface area contributed by atoms with Gasteiger partial charge < -0.3 is 5.11 Å². The second-order valence-corrected chi connectivity index (χ2v) is 5.67. The Bertz CT molecular complexity index is 1020. The Kier molecular flexibility index (Phi) is 3.27. The molecule has 24 heavy (non-hydrogen) atoms. The Morgan fingerprint density at radius 1 is 0.875 bits per heavy atom. The summed E-state index contributed by atoms with van der Waals surface area (Å²) in [4.78, 5) is 9.11. The summed E-state index contributed by atoms with van der Waals surface area (Å²) in [7, 11) is 0. The predicted molar refractivity (Wildman–Crippen MR) is 92.8 cm³/mol. The number of aromatic nitrogens is 4. The first-order valence-corrected chi connectivity index (χ1v) is 7.72. The van der Waals surface area contributed by atoms with Gasteiger partial charge in [-0.25, -0.2) is 4.98 Å². The number of aromatic hydroxyl groups is 1. The minimum atomic E-state index is 0.0916. The molecule has 0 saturated heterocycles. The number of nitrogens with zero attached hydrogens (tertiary/aromatic N) is 4. The average molecular weight is 316 g/mol. The molecule has 4 rings (SSSR count). The van der Waals surface area contributed by atoms with Gasteiger partial charge in [-0.05, 0) is 31.5 Å². The van der Waals surface area contributed by atoms with E-state index in [4.69, 9.17) is 4.98 Å². The number of hydrogen-bond donors (Lipinski definition) is 1. The van der Waals surface area contributed by atoms with Crippen LogP contribution in [0.15, 0.2) is 54.7 Å². The molecule has 5 heteroatoms. The maximum Gasteiger partial charge on any atom is 0.223 e. The van der Waals surface area contributed by atoms with Crippen LogP contribution in [0, 0.1) is 13.8 Å². The van der Waals surface area contributed by atoms with Crippen molar-refractivity contribution in [2.24, 2.45) is 0 Å². The van der Waals surface area contributed by atoms with E-state index in [0.29, 0.717) is 11.2 Å². The maximum absolute atomic E-state index is 10.8. The molecule has 0 bridgehead atoms. The van der Waals surface area contributed by atoms with Gasteiger partial charge >= 0.3 is 0 Å². The van der Waals surface area contributed by atoms with E-state index in [1.807, 2.05) is 62.4 Å². The average Bonchev–Trinajstić information content (AvgIpc) is 2.93. The molecule has 4 aromatic rings. The normalized spacial score (nSPS) is 11.1. The van der Waals surface area contributed by atoms with Gasteiger partial charge in [0.2, 0.25) is 5.88 Å². The summed E-state index contributed by atoms with van der Waals surface area (Å²) in [6, 6.07) is 15.4. The highest BCUT2D eigenvalue weighted by Gasteiger charge is 2.20. The van der Waals surface area contributed by atoms with Crippen molar-refractivity contribution in [2.75, 3.05) is 0 Å². The number of rotatable bonds is 2. The number of aryl methyl sites for hydroxylation is 2. The van der Waals surface area contributed by atoms with Crippen LogP contribution in [0.2, 0.25) is 0 Å². The van der Waals surface area contributed by atoms with Gasteiger partial charge in [-0.2, -0.15) is 9.61 Å². The smallest absolute Gasteiger partial charge is 0.223 e. The lowest BCUT2D eigenvalue weighted by Crippen LogP contribution is -1.98. The van der Waals surface area contributed by atoms with Crippen LogP contribution in [-0.4, -0.2) is 24.7 Å². The summed E-state index contributed by atoms with van der Waals surface area (Å²) >= 11 is 0. The monoisotopic (exact) mass is 316 g/mol. The fraction of sp³-hybridized carbons (Fsp3) is 0.105. The van der Waals surface area contributed by atoms with Crippen LogP contribution in [0.1, 0.15) is 11.4 Å². The first kappa shape index (κ1) is 14.4. The van der Waals surface area contributed by atoms with Gasteiger partial charge in [0.25, 0.3) is 0 Å². The summed E-state index contributed by atoms with van der Waals surface area (Å²) in [5.74, 6) is 0.0916. The van der Waals surface area contributed by atoms with Crippen molar-refractivity contribution in [2.45, 2.75) is 13.8 Å². The molecule has 0 radical (unpaired) electrons. The van der Waals surface area contributed by atoms with Crippen molar-refractivity contribution >= 4 is 5.65 Å². The molecule has 5 nitrogen and oxygen atoms in total. The van der Waals surface area contributed by atoms with E-state index in [2.05, 4.69) is 10.1 Å². The molecule has 0 aliphatic carbocycles. The molecular weight excluding hydrogens is 300 g/mol. The molecule has 0 aliphatic heterocycles. The maximum atomic E-state index is 10.8. The van der Waals surface area contributed by atoms with Gasteiger partial charge in [0.15, 0.2) is 5.65 Å². The predicted octanol–water partition coefficient (Wildman–Crippen LogP) is 3.78. The number of pyridine rings is 1. The molecule has 3 aromatic heterocycles. The van der Waals surface area contributed by atoms with Crippen LogP contribution >= 0.6 is 0 Å². The summed E-state index contributed by atoms with van der Waals surface area (Å²) in [5, 5.41) is 15.3. The highest BCUT2D eigenvalue weighted by atomic mass is 16.3. The van der Waals surface area contributed by atoms with Gasteiger partial charge in [0.05, 0.1) is 28.2 Å². The van der Waals surface area contributed by atoms with E-state index in [9.17, 15) is 5.11 Å². The molecule has 1 N–H and O–H groups in total. The Labute approximate surface area is 139 Å². The van der Waals surface area contributed by atoms with Crippen molar-refractivity contribution in [1.29, 1.82) is 0 Å². The fourth-order valence-corrected chi connectivity index (χ4v) is 3.00. The number of fused-ring (bicyclic) bond motifs is 1. The van der Waals surface area contributed by atoms with Crippen molar-refractivity contribution < 1.29 is 5.11 Å². The summed E-state index contributed by atoms with van der Waals surface area (Å²) in [6.07, 6.45) is 1.74. The molecule has 3 heterocycles. The molecule has 0 unspecified atom stereocenters. The van der Waals surface area contributed by atoms with Crippen LogP contribution in [0.25, 0.3) is 28.0 Å². The molecule has 0 fully saturated rings. The number of benzene rings is 1. The van der Waals surface area contributed by atoms with Gasteiger partial charge in [-0.15, -0.1) is 0 Å². The highest BCUT2D eigenvalue weighted by molar-refractivity contribution is 5.81. The molecule has 0 amide bonds. The van der Waals surface area contributed by atoms with Crippen LogP contribution in [0.5, 0.6) is 5.88 Å². The molecule has 0 atom stereocenters. The third kappa shape index (κ3) is 2.13. The highest BCUT2D eigenvalue weighted by Crippen LogP contribution is 2.35. The fourth-order valence-electron chi connectivity index (χ4n) is 3.00.